The van der Waals surface area contributed by atoms with E-state index in [4.69, 9.17) is 0 Å². The third-order valence-electron chi connectivity index (χ3n) is 4.38. The van der Waals surface area contributed by atoms with Crippen molar-refractivity contribution in [2.45, 2.75) is 30.9 Å². The van der Waals surface area contributed by atoms with Crippen LogP contribution in [0.25, 0.3) is 0 Å². The highest BCUT2D eigenvalue weighted by atomic mass is 32.2. The highest BCUT2D eigenvalue weighted by Crippen LogP contribution is 2.19. The standard InChI is InChI=1S/C17H24N2O4S/c1-18-16(20)13-24(22,23)15-9-11-19(12-10-15)17(21)8-7-14-5-3-2-4-6-14/h2-6,15H,7-13H2,1H3,(H,18,20). The number of likely N-dealkylation sites (tertiary alicyclic amines) is 1. The summed E-state index contributed by atoms with van der Waals surface area (Å²) >= 11 is 0. The van der Waals surface area contributed by atoms with Gasteiger partial charge in [0.1, 0.15) is 5.75 Å². The first-order chi connectivity index (χ1) is 11.4. The average molecular weight is 352 g/mol. The molecular weight excluding hydrogens is 328 g/mol. The minimum absolute atomic E-state index is 0.0565. The molecule has 0 spiro atoms. The molecule has 0 radical (unpaired) electrons. The van der Waals surface area contributed by atoms with Gasteiger partial charge in [0.05, 0.1) is 5.25 Å². The lowest BCUT2D eigenvalue weighted by molar-refractivity contribution is -0.132. The maximum Gasteiger partial charge on any atom is 0.234 e. The molecule has 1 saturated heterocycles. The number of hydrogen-bond donors (Lipinski definition) is 1. The summed E-state index contributed by atoms with van der Waals surface area (Å²) in [5.74, 6) is -0.909. The summed E-state index contributed by atoms with van der Waals surface area (Å²) in [6, 6.07) is 9.82. The molecule has 6 nitrogen and oxygen atoms in total. The molecule has 1 N–H and O–H groups in total. The van der Waals surface area contributed by atoms with Gasteiger partial charge in [0.25, 0.3) is 0 Å². The van der Waals surface area contributed by atoms with Crippen molar-refractivity contribution in [1.82, 2.24) is 10.2 Å². The van der Waals surface area contributed by atoms with Crippen LogP contribution in [0.5, 0.6) is 0 Å². The van der Waals surface area contributed by atoms with Crippen LogP contribution < -0.4 is 5.32 Å². The van der Waals surface area contributed by atoms with Gasteiger partial charge in [-0.1, -0.05) is 30.3 Å². The predicted molar refractivity (Wildman–Crippen MR) is 92.2 cm³/mol. The number of rotatable bonds is 6. The first kappa shape index (κ1) is 18.4. The third kappa shape index (κ3) is 5.06. The summed E-state index contributed by atoms with van der Waals surface area (Å²) in [6.45, 7) is 0.872. The van der Waals surface area contributed by atoms with Crippen molar-refractivity contribution in [1.29, 1.82) is 0 Å². The second-order valence-corrected chi connectivity index (χ2v) is 8.33. The van der Waals surface area contributed by atoms with Crippen LogP contribution in [-0.4, -0.2) is 56.3 Å². The second-order valence-electron chi connectivity index (χ2n) is 6.05. The highest BCUT2D eigenvalue weighted by Gasteiger charge is 2.32. The monoisotopic (exact) mass is 352 g/mol. The summed E-state index contributed by atoms with van der Waals surface area (Å²) in [6.07, 6.45) is 1.92. The zero-order chi connectivity index (χ0) is 17.6. The van der Waals surface area contributed by atoms with Gasteiger partial charge in [-0.2, -0.15) is 0 Å². The number of carbonyl (C=O) groups is 2. The largest absolute Gasteiger partial charge is 0.358 e. The molecule has 0 atom stereocenters. The maximum atomic E-state index is 12.3. The van der Waals surface area contributed by atoms with Gasteiger partial charge in [0.15, 0.2) is 9.84 Å². The van der Waals surface area contributed by atoms with Crippen LogP contribution in [0.1, 0.15) is 24.8 Å². The molecule has 1 aliphatic heterocycles. The number of piperidine rings is 1. The number of carbonyl (C=O) groups excluding carboxylic acids is 2. The molecule has 1 aromatic carbocycles. The maximum absolute atomic E-state index is 12.3. The molecule has 0 bridgehead atoms. The van der Waals surface area contributed by atoms with Gasteiger partial charge in [-0.05, 0) is 24.8 Å². The van der Waals surface area contributed by atoms with Crippen LogP contribution in [0.4, 0.5) is 0 Å². The lowest BCUT2D eigenvalue weighted by Gasteiger charge is -2.31. The minimum atomic E-state index is -3.45. The van der Waals surface area contributed by atoms with E-state index in [2.05, 4.69) is 5.32 Å². The summed E-state index contributed by atoms with van der Waals surface area (Å²) in [5.41, 5.74) is 1.12. The van der Waals surface area contributed by atoms with Crippen molar-refractivity contribution in [3.05, 3.63) is 35.9 Å². The molecule has 24 heavy (non-hydrogen) atoms. The fourth-order valence-electron chi connectivity index (χ4n) is 2.89. The molecule has 7 heteroatoms. The van der Waals surface area contributed by atoms with Crippen LogP contribution in [-0.2, 0) is 25.8 Å². The van der Waals surface area contributed by atoms with E-state index in [9.17, 15) is 18.0 Å². The van der Waals surface area contributed by atoms with Gasteiger partial charge in [0, 0.05) is 26.6 Å². The molecule has 0 aliphatic carbocycles. The number of hydrogen-bond acceptors (Lipinski definition) is 4. The summed E-state index contributed by atoms with van der Waals surface area (Å²) < 4.78 is 24.4. The van der Waals surface area contributed by atoms with Gasteiger partial charge < -0.3 is 10.2 Å². The lowest BCUT2D eigenvalue weighted by atomic mass is 10.1. The van der Waals surface area contributed by atoms with Crippen LogP contribution in [0.2, 0.25) is 0 Å². The smallest absolute Gasteiger partial charge is 0.234 e. The molecule has 1 aromatic rings. The Kier molecular flexibility index (Phi) is 6.36. The molecule has 132 valence electrons. The van der Waals surface area contributed by atoms with Gasteiger partial charge in [0.2, 0.25) is 11.8 Å². The summed E-state index contributed by atoms with van der Waals surface area (Å²) in [5, 5.41) is 1.80. The Morgan fingerprint density at radius 1 is 1.17 bits per heavy atom. The lowest BCUT2D eigenvalue weighted by Crippen LogP contribution is -2.44. The fraction of sp³-hybridized carbons (Fsp3) is 0.529. The Bertz CT molecular complexity index is 665. The Hall–Kier alpha value is -1.89. The van der Waals surface area contributed by atoms with Crippen molar-refractivity contribution in [3.63, 3.8) is 0 Å². The summed E-state index contributed by atoms with van der Waals surface area (Å²) in [7, 11) is -2.03. The number of nitrogens with one attached hydrogen (secondary N) is 1. The Morgan fingerprint density at radius 3 is 2.38 bits per heavy atom. The van der Waals surface area contributed by atoms with E-state index in [1.807, 2.05) is 30.3 Å². The first-order valence-electron chi connectivity index (χ1n) is 8.16. The van der Waals surface area contributed by atoms with Gasteiger partial charge in [-0.15, -0.1) is 0 Å². The van der Waals surface area contributed by atoms with E-state index in [1.54, 1.807) is 4.90 Å². The molecule has 0 unspecified atom stereocenters. The van der Waals surface area contributed by atoms with Crippen molar-refractivity contribution >= 4 is 21.7 Å². The Labute approximate surface area is 143 Å². The number of amides is 2. The average Bonchev–Trinajstić information content (AvgIpc) is 2.60. The molecule has 1 fully saturated rings. The fourth-order valence-corrected chi connectivity index (χ4v) is 4.57. The highest BCUT2D eigenvalue weighted by molar-refractivity contribution is 7.92. The van der Waals surface area contributed by atoms with Crippen molar-refractivity contribution in [2.24, 2.45) is 0 Å². The number of benzene rings is 1. The topological polar surface area (TPSA) is 83.6 Å². The zero-order valence-electron chi connectivity index (χ0n) is 13.9. The summed E-state index contributed by atoms with van der Waals surface area (Å²) in [4.78, 5) is 25.3. The molecule has 0 saturated carbocycles. The third-order valence-corrected chi connectivity index (χ3v) is 6.54. The Morgan fingerprint density at radius 2 is 1.79 bits per heavy atom. The number of nitrogens with zero attached hydrogens (tertiary/aromatic N) is 1. The van der Waals surface area contributed by atoms with Crippen molar-refractivity contribution < 1.29 is 18.0 Å². The second kappa shape index (κ2) is 8.28. The molecule has 1 heterocycles. The predicted octanol–water partition coefficient (Wildman–Crippen LogP) is 0.771. The van der Waals surface area contributed by atoms with Gasteiger partial charge in [-0.25, -0.2) is 8.42 Å². The van der Waals surface area contributed by atoms with Crippen LogP contribution in [0.3, 0.4) is 0 Å². The molecule has 2 rings (SSSR count). The van der Waals surface area contributed by atoms with E-state index in [0.717, 1.165) is 5.56 Å². The number of aryl methyl sites for hydroxylation is 1. The van der Waals surface area contributed by atoms with Crippen LogP contribution >= 0.6 is 0 Å². The van der Waals surface area contributed by atoms with E-state index in [0.29, 0.717) is 38.8 Å². The van der Waals surface area contributed by atoms with Gasteiger partial charge in [-0.3, -0.25) is 9.59 Å². The van der Waals surface area contributed by atoms with Crippen LogP contribution in [0.15, 0.2) is 30.3 Å². The number of sulfone groups is 1. The zero-order valence-corrected chi connectivity index (χ0v) is 14.7. The first-order valence-corrected chi connectivity index (χ1v) is 9.88. The van der Waals surface area contributed by atoms with Crippen molar-refractivity contribution in [2.75, 3.05) is 25.9 Å². The Balaban J connectivity index is 1.81. The van der Waals surface area contributed by atoms with Crippen molar-refractivity contribution in [3.8, 4) is 0 Å². The van der Waals surface area contributed by atoms with Crippen LogP contribution in [0, 0.1) is 0 Å². The SMILES string of the molecule is CNC(=O)CS(=O)(=O)C1CCN(C(=O)CCc2ccccc2)CC1. The van der Waals surface area contributed by atoms with E-state index < -0.39 is 26.7 Å². The molecule has 0 aromatic heterocycles. The van der Waals surface area contributed by atoms with Gasteiger partial charge >= 0.3 is 0 Å². The molecule has 1 aliphatic rings. The van der Waals surface area contributed by atoms with E-state index >= 15 is 0 Å². The minimum Gasteiger partial charge on any atom is -0.358 e. The quantitative estimate of drug-likeness (QED) is 0.820. The normalized spacial score (nSPS) is 16.0. The van der Waals surface area contributed by atoms with E-state index in [-0.39, 0.29) is 5.91 Å². The van der Waals surface area contributed by atoms with E-state index in [1.165, 1.54) is 7.05 Å². The molecule has 2 amide bonds. The molecular formula is C17H24N2O4S.